The van der Waals surface area contributed by atoms with Crippen LogP contribution in [0.25, 0.3) is 0 Å². The Morgan fingerprint density at radius 1 is 1.09 bits per heavy atom. The number of hydrogen-bond donors (Lipinski definition) is 2. The number of aromatic nitrogens is 2. The molecule has 1 heterocycles. The van der Waals surface area contributed by atoms with Crippen LogP contribution in [-0.4, -0.2) is 33.2 Å². The first-order valence-corrected chi connectivity index (χ1v) is 9.75. The lowest BCUT2D eigenvalue weighted by Crippen LogP contribution is -2.23. The monoisotopic (exact) mass is 358 g/mol. The second kappa shape index (κ2) is 6.30. The van der Waals surface area contributed by atoms with Gasteiger partial charge in [-0.15, -0.1) is 0 Å². The van der Waals surface area contributed by atoms with Crippen molar-refractivity contribution < 1.29 is 16.8 Å². The summed E-state index contributed by atoms with van der Waals surface area (Å²) < 4.78 is 54.5. The molecule has 2 rings (SSSR count). The van der Waals surface area contributed by atoms with Gasteiger partial charge in [-0.2, -0.15) is 5.10 Å². The fourth-order valence-corrected chi connectivity index (χ4v) is 4.35. The third-order valence-corrected chi connectivity index (χ3v) is 6.05. The van der Waals surface area contributed by atoms with E-state index < -0.39 is 20.0 Å². The summed E-state index contributed by atoms with van der Waals surface area (Å²) in [6.07, 6.45) is 1.40. The average Bonchev–Trinajstić information content (AvgIpc) is 2.79. The van der Waals surface area contributed by atoms with Gasteiger partial charge in [0, 0.05) is 25.5 Å². The minimum Gasteiger partial charge on any atom is -0.280 e. The highest BCUT2D eigenvalue weighted by atomic mass is 32.2. The zero-order chi connectivity index (χ0) is 17.3. The quantitative estimate of drug-likeness (QED) is 0.795. The van der Waals surface area contributed by atoms with E-state index in [1.807, 2.05) is 0 Å². The van der Waals surface area contributed by atoms with Gasteiger partial charge in [0.25, 0.3) is 10.0 Å². The van der Waals surface area contributed by atoms with E-state index in [1.54, 1.807) is 20.9 Å². The van der Waals surface area contributed by atoms with Gasteiger partial charge in [-0.25, -0.2) is 21.6 Å². The van der Waals surface area contributed by atoms with E-state index in [-0.39, 0.29) is 22.0 Å². The molecule has 0 aliphatic carbocycles. The summed E-state index contributed by atoms with van der Waals surface area (Å²) in [7, 11) is -5.72. The normalized spacial score (nSPS) is 12.3. The summed E-state index contributed by atoms with van der Waals surface area (Å²) in [5.41, 5.74) is 0.648. The third kappa shape index (κ3) is 3.89. The first-order valence-electron chi connectivity index (χ1n) is 6.78. The summed E-state index contributed by atoms with van der Waals surface area (Å²) in [6.45, 7) is 3.55. The standard InChI is InChI=1S/C13H18N4O4S2/c1-4-14-22(18,19)12-7-5-11(6-8-12)16-23(20,21)13-9-17(3)15-10(13)2/h5-9,14,16H,4H2,1-3H3. The average molecular weight is 358 g/mol. The van der Waals surface area contributed by atoms with Crippen molar-refractivity contribution in [1.29, 1.82) is 0 Å². The lowest BCUT2D eigenvalue weighted by atomic mass is 10.3. The molecule has 1 aromatic carbocycles. The molecular formula is C13H18N4O4S2. The summed E-state index contributed by atoms with van der Waals surface area (Å²) in [4.78, 5) is 0.143. The molecule has 0 saturated heterocycles. The molecule has 0 radical (unpaired) electrons. The number of aryl methyl sites for hydroxylation is 2. The van der Waals surface area contributed by atoms with Crippen molar-refractivity contribution in [2.24, 2.45) is 7.05 Å². The lowest BCUT2D eigenvalue weighted by Gasteiger charge is -2.08. The molecule has 10 heteroatoms. The van der Waals surface area contributed by atoms with Gasteiger partial charge >= 0.3 is 0 Å². The van der Waals surface area contributed by atoms with Crippen LogP contribution in [0.5, 0.6) is 0 Å². The minimum atomic E-state index is -3.78. The molecule has 0 aliphatic rings. The Hall–Kier alpha value is -1.91. The predicted molar refractivity (Wildman–Crippen MR) is 86.1 cm³/mol. The highest BCUT2D eigenvalue weighted by Gasteiger charge is 2.20. The molecule has 0 saturated carbocycles. The molecule has 0 fully saturated rings. The second-order valence-corrected chi connectivity index (χ2v) is 8.30. The SMILES string of the molecule is CCNS(=O)(=O)c1ccc(NS(=O)(=O)c2cn(C)nc2C)cc1. The first-order chi connectivity index (χ1) is 10.7. The minimum absolute atomic E-state index is 0.0693. The van der Waals surface area contributed by atoms with Crippen LogP contribution in [0.1, 0.15) is 12.6 Å². The zero-order valence-corrected chi connectivity index (χ0v) is 14.6. The van der Waals surface area contributed by atoms with Crippen molar-refractivity contribution in [2.75, 3.05) is 11.3 Å². The van der Waals surface area contributed by atoms with Gasteiger partial charge in [-0.3, -0.25) is 9.40 Å². The Bertz CT molecular complexity index is 900. The van der Waals surface area contributed by atoms with Crippen molar-refractivity contribution in [3.05, 3.63) is 36.2 Å². The number of nitrogens with one attached hydrogen (secondary N) is 2. The van der Waals surface area contributed by atoms with Crippen LogP contribution in [0.3, 0.4) is 0 Å². The smallest absolute Gasteiger partial charge is 0.265 e. The van der Waals surface area contributed by atoms with Crippen LogP contribution in [0.15, 0.2) is 40.3 Å². The van der Waals surface area contributed by atoms with Gasteiger partial charge in [0.1, 0.15) is 4.90 Å². The van der Waals surface area contributed by atoms with Crippen LogP contribution >= 0.6 is 0 Å². The van der Waals surface area contributed by atoms with Crippen LogP contribution < -0.4 is 9.44 Å². The second-order valence-electron chi connectivity index (χ2n) is 4.88. The van der Waals surface area contributed by atoms with E-state index in [1.165, 1.54) is 35.1 Å². The van der Waals surface area contributed by atoms with Crippen molar-refractivity contribution in [3.63, 3.8) is 0 Å². The molecule has 23 heavy (non-hydrogen) atoms. The molecule has 0 atom stereocenters. The predicted octanol–water partition coefficient (Wildman–Crippen LogP) is 0.828. The molecular weight excluding hydrogens is 340 g/mol. The van der Waals surface area contributed by atoms with Gasteiger partial charge in [-0.05, 0) is 31.2 Å². The number of hydrogen-bond acceptors (Lipinski definition) is 5. The fourth-order valence-electron chi connectivity index (χ4n) is 2.03. The topological polar surface area (TPSA) is 110 Å². The Labute approximate surface area is 135 Å². The van der Waals surface area contributed by atoms with Crippen molar-refractivity contribution in [1.82, 2.24) is 14.5 Å². The Morgan fingerprint density at radius 3 is 2.17 bits per heavy atom. The number of anilines is 1. The molecule has 126 valence electrons. The first kappa shape index (κ1) is 17.4. The largest absolute Gasteiger partial charge is 0.280 e. The maximum atomic E-state index is 12.3. The number of nitrogens with zero attached hydrogens (tertiary/aromatic N) is 2. The summed E-state index contributed by atoms with van der Waals surface area (Å²) in [6, 6.07) is 5.47. The Balaban J connectivity index is 2.26. The number of benzene rings is 1. The van der Waals surface area contributed by atoms with E-state index in [2.05, 4.69) is 14.5 Å². The van der Waals surface area contributed by atoms with E-state index in [9.17, 15) is 16.8 Å². The van der Waals surface area contributed by atoms with Crippen LogP contribution in [-0.2, 0) is 27.1 Å². The molecule has 0 aliphatic heterocycles. The fraction of sp³-hybridized carbons (Fsp3) is 0.308. The van der Waals surface area contributed by atoms with E-state index in [4.69, 9.17) is 0 Å². The van der Waals surface area contributed by atoms with Crippen molar-refractivity contribution in [2.45, 2.75) is 23.6 Å². The molecule has 2 N–H and O–H groups in total. The molecule has 2 aromatic rings. The molecule has 0 spiro atoms. The highest BCUT2D eigenvalue weighted by Crippen LogP contribution is 2.20. The van der Waals surface area contributed by atoms with Gasteiger partial charge in [0.2, 0.25) is 10.0 Å². The van der Waals surface area contributed by atoms with Crippen LogP contribution in [0.4, 0.5) is 5.69 Å². The number of rotatable bonds is 6. The maximum Gasteiger partial charge on any atom is 0.265 e. The summed E-state index contributed by atoms with van der Waals surface area (Å²) in [5.74, 6) is 0. The molecule has 1 aromatic heterocycles. The van der Waals surface area contributed by atoms with Gasteiger partial charge in [0.15, 0.2) is 0 Å². The molecule has 0 unspecified atom stereocenters. The van der Waals surface area contributed by atoms with E-state index >= 15 is 0 Å². The van der Waals surface area contributed by atoms with Crippen molar-refractivity contribution >= 4 is 25.7 Å². The van der Waals surface area contributed by atoms with Crippen LogP contribution in [0, 0.1) is 6.92 Å². The van der Waals surface area contributed by atoms with Gasteiger partial charge < -0.3 is 0 Å². The highest BCUT2D eigenvalue weighted by molar-refractivity contribution is 7.92. The summed E-state index contributed by atoms with van der Waals surface area (Å²) in [5, 5.41) is 4.00. The number of sulfonamides is 2. The molecule has 0 amide bonds. The molecule has 8 nitrogen and oxygen atoms in total. The van der Waals surface area contributed by atoms with E-state index in [0.717, 1.165) is 0 Å². The third-order valence-electron chi connectivity index (χ3n) is 3.01. The Kier molecular flexibility index (Phi) is 4.78. The lowest BCUT2D eigenvalue weighted by molar-refractivity contribution is 0.584. The van der Waals surface area contributed by atoms with E-state index in [0.29, 0.717) is 5.69 Å². The van der Waals surface area contributed by atoms with Gasteiger partial charge in [-0.1, -0.05) is 6.92 Å². The van der Waals surface area contributed by atoms with Crippen LogP contribution in [0.2, 0.25) is 0 Å². The maximum absolute atomic E-state index is 12.3. The zero-order valence-electron chi connectivity index (χ0n) is 12.9. The molecule has 0 bridgehead atoms. The van der Waals surface area contributed by atoms with Gasteiger partial charge in [0.05, 0.1) is 10.6 Å². The Morgan fingerprint density at radius 2 is 1.70 bits per heavy atom. The van der Waals surface area contributed by atoms with Crippen molar-refractivity contribution in [3.8, 4) is 0 Å². The summed E-state index contributed by atoms with van der Waals surface area (Å²) >= 11 is 0.